The molecule has 0 radical (unpaired) electrons. The summed E-state index contributed by atoms with van der Waals surface area (Å²) < 4.78 is 0. The number of hydrogen-bond acceptors (Lipinski definition) is 10. The number of hydrogen-bond donors (Lipinski definition) is 4. The minimum Gasteiger partial charge on any atom is -0.506 e. The fourth-order valence-corrected chi connectivity index (χ4v) is 4.67. The molecule has 12 heteroatoms. The minimum atomic E-state index is -0.654. The highest BCUT2D eigenvalue weighted by Gasteiger charge is 2.21. The second-order valence-corrected chi connectivity index (χ2v) is 9.63. The number of aromatic hydroxyl groups is 2. The molecule has 3 aromatic rings. The summed E-state index contributed by atoms with van der Waals surface area (Å²) in [6.45, 7) is 3.65. The fraction of sp³-hybridized carbons (Fsp3) is 0.400. The Labute approximate surface area is 219 Å². The Morgan fingerprint density at radius 2 is 1.49 bits per heavy atom. The zero-order valence-corrected chi connectivity index (χ0v) is 21.1. The van der Waals surface area contributed by atoms with E-state index in [2.05, 4.69) is 35.4 Å². The molecular formula is C25H29ClN8O3. The van der Waals surface area contributed by atoms with Crippen molar-refractivity contribution >= 4 is 46.7 Å². The first kappa shape index (κ1) is 24.8. The quantitative estimate of drug-likeness (QED) is 0.345. The molecule has 2 aliphatic heterocycles. The minimum absolute atomic E-state index is 0.102. The van der Waals surface area contributed by atoms with E-state index in [-0.39, 0.29) is 22.0 Å². The molecule has 2 aromatic heterocycles. The van der Waals surface area contributed by atoms with Crippen LogP contribution in [0.15, 0.2) is 30.5 Å². The molecule has 5 rings (SSSR count). The molecule has 0 unspecified atom stereocenters. The van der Waals surface area contributed by atoms with E-state index >= 15 is 0 Å². The third-order valence-corrected chi connectivity index (χ3v) is 6.68. The van der Waals surface area contributed by atoms with Crippen LogP contribution in [0.2, 0.25) is 5.02 Å². The van der Waals surface area contributed by atoms with Gasteiger partial charge in [0.25, 0.3) is 5.91 Å². The number of carbonyl (C=O) groups is 1. The summed E-state index contributed by atoms with van der Waals surface area (Å²) in [5.74, 6) is 0.417. The van der Waals surface area contributed by atoms with Crippen molar-refractivity contribution in [2.75, 3.05) is 46.6 Å². The van der Waals surface area contributed by atoms with E-state index in [9.17, 15) is 15.0 Å². The van der Waals surface area contributed by atoms with E-state index in [1.807, 2.05) is 0 Å². The lowest BCUT2D eigenvalue weighted by Crippen LogP contribution is -2.34. The van der Waals surface area contributed by atoms with Gasteiger partial charge in [0.15, 0.2) is 0 Å². The summed E-state index contributed by atoms with van der Waals surface area (Å²) in [5, 5.41) is 26.4. The van der Waals surface area contributed by atoms with Gasteiger partial charge < -0.3 is 30.6 Å². The molecule has 194 valence electrons. The van der Waals surface area contributed by atoms with Crippen LogP contribution in [0.25, 0.3) is 0 Å². The van der Waals surface area contributed by atoms with E-state index < -0.39 is 11.8 Å². The molecule has 1 amide bonds. The van der Waals surface area contributed by atoms with Gasteiger partial charge in [0.1, 0.15) is 11.3 Å². The number of amides is 1. The smallest absolute Gasteiger partial charge is 0.261 e. The number of phenols is 1. The summed E-state index contributed by atoms with van der Waals surface area (Å²) in [6.07, 6.45) is 8.09. The Kier molecular flexibility index (Phi) is 7.40. The molecule has 4 N–H and O–H groups in total. The predicted molar refractivity (Wildman–Crippen MR) is 142 cm³/mol. The number of carbonyl (C=O) groups excluding carboxylic acids is 1. The average Bonchev–Trinajstić information content (AvgIpc) is 2.92. The first-order valence-corrected chi connectivity index (χ1v) is 12.9. The molecular weight excluding hydrogens is 496 g/mol. The van der Waals surface area contributed by atoms with Crippen LogP contribution in [0.5, 0.6) is 11.6 Å². The SMILES string of the molecule is O=C(Nc1ccc(Nc2nc(N3CCCCC3)nc(N3CCCCC3)n2)cc1O)c1cc(Cl)cnc1O. The predicted octanol–water partition coefficient (Wildman–Crippen LogP) is 4.31. The van der Waals surface area contributed by atoms with Crippen molar-refractivity contribution in [1.82, 2.24) is 19.9 Å². The number of nitrogens with one attached hydrogen (secondary N) is 2. The molecule has 1 aromatic carbocycles. The Morgan fingerprint density at radius 3 is 2.08 bits per heavy atom. The van der Waals surface area contributed by atoms with Gasteiger partial charge in [-0.05, 0) is 56.7 Å². The number of nitrogens with zero attached hydrogens (tertiary/aromatic N) is 6. The molecule has 0 bridgehead atoms. The molecule has 0 saturated carbocycles. The standard InChI is InChI=1S/C25H29ClN8O3/c26-16-13-18(21(36)27-15-16)22(37)29-19-8-7-17(14-20(19)35)28-23-30-24(33-9-3-1-4-10-33)32-25(31-23)34-11-5-2-6-12-34/h7-8,13-15,35H,1-6,9-12H2,(H,27,36)(H,29,37)(H,28,30,31,32). The number of piperidine rings is 2. The lowest BCUT2D eigenvalue weighted by Gasteiger charge is -2.30. The van der Waals surface area contributed by atoms with Crippen molar-refractivity contribution in [3.8, 4) is 11.6 Å². The van der Waals surface area contributed by atoms with Gasteiger partial charge in [0, 0.05) is 44.1 Å². The molecule has 4 heterocycles. The normalized spacial score (nSPS) is 15.9. The van der Waals surface area contributed by atoms with Gasteiger partial charge in [-0.3, -0.25) is 4.79 Å². The number of halogens is 1. The van der Waals surface area contributed by atoms with Crippen LogP contribution in [0.3, 0.4) is 0 Å². The number of anilines is 5. The van der Waals surface area contributed by atoms with Gasteiger partial charge in [-0.1, -0.05) is 11.6 Å². The highest BCUT2D eigenvalue weighted by Crippen LogP contribution is 2.30. The van der Waals surface area contributed by atoms with Crippen molar-refractivity contribution in [3.63, 3.8) is 0 Å². The Hall–Kier alpha value is -3.86. The summed E-state index contributed by atoms with van der Waals surface area (Å²) in [5.41, 5.74) is 0.603. The van der Waals surface area contributed by atoms with Crippen molar-refractivity contribution in [2.24, 2.45) is 0 Å². The molecule has 37 heavy (non-hydrogen) atoms. The third-order valence-electron chi connectivity index (χ3n) is 6.47. The molecule has 2 fully saturated rings. The largest absolute Gasteiger partial charge is 0.506 e. The number of benzene rings is 1. The Balaban J connectivity index is 1.36. The van der Waals surface area contributed by atoms with Gasteiger partial charge in [-0.2, -0.15) is 15.0 Å². The average molecular weight is 525 g/mol. The van der Waals surface area contributed by atoms with Crippen LogP contribution in [-0.4, -0.2) is 62.2 Å². The summed E-state index contributed by atoms with van der Waals surface area (Å²) >= 11 is 5.88. The number of phenolic OH excluding ortho intramolecular Hbond substituents is 1. The molecule has 11 nitrogen and oxygen atoms in total. The van der Waals surface area contributed by atoms with Crippen LogP contribution in [0.4, 0.5) is 29.2 Å². The van der Waals surface area contributed by atoms with Gasteiger partial charge in [-0.25, -0.2) is 4.98 Å². The zero-order chi connectivity index (χ0) is 25.8. The van der Waals surface area contributed by atoms with Crippen molar-refractivity contribution < 1.29 is 15.0 Å². The number of rotatable bonds is 6. The second kappa shape index (κ2) is 11.0. The monoisotopic (exact) mass is 524 g/mol. The number of pyridine rings is 1. The fourth-order valence-electron chi connectivity index (χ4n) is 4.51. The summed E-state index contributed by atoms with van der Waals surface area (Å²) in [4.78, 5) is 34.7. The van der Waals surface area contributed by atoms with E-state index in [1.54, 1.807) is 12.1 Å². The Morgan fingerprint density at radius 1 is 0.865 bits per heavy atom. The Bertz CT molecular complexity index is 1240. The van der Waals surface area contributed by atoms with Crippen molar-refractivity contribution in [3.05, 3.63) is 41.0 Å². The third kappa shape index (κ3) is 5.93. The van der Waals surface area contributed by atoms with Gasteiger partial charge in [0.2, 0.25) is 23.7 Å². The van der Waals surface area contributed by atoms with Crippen molar-refractivity contribution in [2.45, 2.75) is 38.5 Å². The van der Waals surface area contributed by atoms with Crippen LogP contribution < -0.4 is 20.4 Å². The maximum Gasteiger partial charge on any atom is 0.261 e. The highest BCUT2D eigenvalue weighted by molar-refractivity contribution is 6.31. The molecule has 0 aliphatic carbocycles. The maximum atomic E-state index is 12.6. The first-order chi connectivity index (χ1) is 18.0. The molecule has 2 aliphatic rings. The van der Waals surface area contributed by atoms with Crippen molar-refractivity contribution in [1.29, 1.82) is 0 Å². The number of aromatic nitrogens is 4. The molecule has 0 spiro atoms. The summed E-state index contributed by atoms with van der Waals surface area (Å²) in [6, 6.07) is 6.00. The maximum absolute atomic E-state index is 12.6. The van der Waals surface area contributed by atoms with Crippen LogP contribution >= 0.6 is 11.6 Å². The van der Waals surface area contributed by atoms with Crippen LogP contribution in [0, 0.1) is 0 Å². The first-order valence-electron chi connectivity index (χ1n) is 12.5. The van der Waals surface area contributed by atoms with Gasteiger partial charge >= 0.3 is 0 Å². The zero-order valence-electron chi connectivity index (χ0n) is 20.3. The highest BCUT2D eigenvalue weighted by atomic mass is 35.5. The van der Waals surface area contributed by atoms with Crippen LogP contribution in [0.1, 0.15) is 48.9 Å². The molecule has 0 atom stereocenters. The van der Waals surface area contributed by atoms with Gasteiger partial charge in [-0.15, -0.1) is 0 Å². The van der Waals surface area contributed by atoms with E-state index in [4.69, 9.17) is 16.6 Å². The van der Waals surface area contributed by atoms with Gasteiger partial charge in [0.05, 0.1) is 10.7 Å². The molecule has 2 saturated heterocycles. The lowest BCUT2D eigenvalue weighted by atomic mass is 10.1. The van der Waals surface area contributed by atoms with Crippen LogP contribution in [-0.2, 0) is 0 Å². The van der Waals surface area contributed by atoms with E-state index in [0.29, 0.717) is 23.5 Å². The second-order valence-electron chi connectivity index (χ2n) is 9.19. The lowest BCUT2D eigenvalue weighted by molar-refractivity contribution is 0.102. The van der Waals surface area contributed by atoms with E-state index in [0.717, 1.165) is 51.9 Å². The topological polar surface area (TPSA) is 140 Å². The van der Waals surface area contributed by atoms with E-state index in [1.165, 1.54) is 31.2 Å². The summed E-state index contributed by atoms with van der Waals surface area (Å²) in [7, 11) is 0.